The van der Waals surface area contributed by atoms with Crippen LogP contribution < -0.4 is 9.57 Å². The summed E-state index contributed by atoms with van der Waals surface area (Å²) in [6.07, 6.45) is 3.22. The summed E-state index contributed by atoms with van der Waals surface area (Å²) in [5, 5.41) is 5.22. The molecule has 0 spiro atoms. The van der Waals surface area contributed by atoms with Crippen LogP contribution in [0.4, 0.5) is 4.39 Å². The Kier molecular flexibility index (Phi) is 5.93. The number of carbonyl (C=O) groups is 1. The second-order valence-corrected chi connectivity index (χ2v) is 9.36. The van der Waals surface area contributed by atoms with Crippen LogP contribution in [0, 0.1) is 19.7 Å². The number of aromatic nitrogens is 3. The number of hydrogen-bond acceptors (Lipinski definition) is 5. The van der Waals surface area contributed by atoms with Crippen LogP contribution in [-0.4, -0.2) is 37.6 Å². The largest absolute Gasteiger partial charge is 0.489 e. The normalized spacial score (nSPS) is 20.3. The Hall–Kier alpha value is -2.42. The standard InChI is InChI=1S/C23H24Cl2FN5O2/c1-12-21(24)13(2)31-22(27-12)18-10-30(11-19(18)29-31)23(32)17-8-3-14(26)9-20(17)33-16-6-4-15(28-25)5-7-16/h3,8-9,15-16,28H,4-7,10-11H2,1-2H3. The molecule has 3 heterocycles. The van der Waals surface area contributed by atoms with E-state index in [1.165, 1.54) is 18.2 Å². The number of halogens is 3. The third-order valence-electron chi connectivity index (χ3n) is 6.54. The van der Waals surface area contributed by atoms with Gasteiger partial charge in [0, 0.05) is 17.7 Å². The van der Waals surface area contributed by atoms with Crippen molar-refractivity contribution in [1.82, 2.24) is 24.3 Å². The van der Waals surface area contributed by atoms with Crippen LogP contribution in [0.15, 0.2) is 18.2 Å². The number of carbonyl (C=O) groups excluding carboxylic acids is 1. The molecule has 0 radical (unpaired) electrons. The molecule has 1 saturated carbocycles. The Morgan fingerprint density at radius 1 is 1.21 bits per heavy atom. The Bertz CT molecular complexity index is 1240. The zero-order chi connectivity index (χ0) is 23.3. The number of ether oxygens (including phenoxy) is 1. The quantitative estimate of drug-likeness (QED) is 0.534. The van der Waals surface area contributed by atoms with Crippen LogP contribution in [0.25, 0.3) is 5.65 Å². The number of aryl methyl sites for hydroxylation is 2. The SMILES string of the molecule is Cc1nc2c3c(nn2c(C)c1Cl)CN(C(=O)c1ccc(F)cc1OC1CCC(NCl)CC1)C3. The van der Waals surface area contributed by atoms with Crippen molar-refractivity contribution in [3.05, 3.63) is 57.2 Å². The lowest BCUT2D eigenvalue weighted by atomic mass is 9.93. The highest BCUT2D eigenvalue weighted by Crippen LogP contribution is 2.33. The fraction of sp³-hybridized carbons (Fsp3) is 0.435. The first-order valence-corrected chi connectivity index (χ1v) is 11.8. The van der Waals surface area contributed by atoms with E-state index < -0.39 is 5.82 Å². The first kappa shape index (κ1) is 22.4. The first-order chi connectivity index (χ1) is 15.9. The van der Waals surface area contributed by atoms with Gasteiger partial charge >= 0.3 is 0 Å². The average Bonchev–Trinajstić information content (AvgIpc) is 3.37. The van der Waals surface area contributed by atoms with Gasteiger partial charge in [-0.3, -0.25) is 4.79 Å². The molecule has 174 valence electrons. The Labute approximate surface area is 200 Å². The summed E-state index contributed by atoms with van der Waals surface area (Å²) in [4.78, 5) is 22.5. The molecule has 1 amide bonds. The topological polar surface area (TPSA) is 71.8 Å². The lowest BCUT2D eigenvalue weighted by Gasteiger charge is -2.29. The molecule has 1 N–H and O–H groups in total. The van der Waals surface area contributed by atoms with E-state index >= 15 is 0 Å². The molecule has 7 nitrogen and oxygen atoms in total. The molecule has 1 aliphatic heterocycles. The molecule has 0 unspecified atom stereocenters. The first-order valence-electron chi connectivity index (χ1n) is 11.0. The van der Waals surface area contributed by atoms with E-state index in [9.17, 15) is 9.18 Å². The molecular weight excluding hydrogens is 468 g/mol. The van der Waals surface area contributed by atoms with Crippen molar-refractivity contribution in [2.24, 2.45) is 0 Å². The maximum absolute atomic E-state index is 14.0. The maximum atomic E-state index is 14.0. The molecule has 1 aliphatic carbocycles. The van der Waals surface area contributed by atoms with Gasteiger partial charge in [0.15, 0.2) is 5.65 Å². The molecule has 0 atom stereocenters. The molecule has 3 aromatic rings. The van der Waals surface area contributed by atoms with E-state index in [0.29, 0.717) is 29.3 Å². The lowest BCUT2D eigenvalue weighted by Crippen LogP contribution is -2.33. The van der Waals surface area contributed by atoms with Crippen molar-refractivity contribution in [3.8, 4) is 5.75 Å². The monoisotopic (exact) mass is 491 g/mol. The number of hydrogen-bond donors (Lipinski definition) is 1. The summed E-state index contributed by atoms with van der Waals surface area (Å²) in [7, 11) is 0. The third-order valence-corrected chi connectivity index (χ3v) is 7.39. The second kappa shape index (κ2) is 8.74. The van der Waals surface area contributed by atoms with Crippen LogP contribution in [0.5, 0.6) is 5.75 Å². The second-order valence-electron chi connectivity index (χ2n) is 8.76. The predicted octanol–water partition coefficient (Wildman–Crippen LogP) is 4.73. The minimum atomic E-state index is -0.438. The maximum Gasteiger partial charge on any atom is 0.258 e. The molecule has 5 rings (SSSR count). The van der Waals surface area contributed by atoms with Crippen molar-refractivity contribution in [3.63, 3.8) is 0 Å². The van der Waals surface area contributed by atoms with Crippen LogP contribution in [0.1, 0.15) is 58.7 Å². The van der Waals surface area contributed by atoms with Gasteiger partial charge in [-0.05, 0) is 63.4 Å². The van der Waals surface area contributed by atoms with Crippen molar-refractivity contribution >= 4 is 34.9 Å². The van der Waals surface area contributed by atoms with Gasteiger partial charge in [0.05, 0.1) is 46.9 Å². The van der Waals surface area contributed by atoms with Gasteiger partial charge in [0.2, 0.25) is 0 Å². The number of benzene rings is 1. The highest BCUT2D eigenvalue weighted by molar-refractivity contribution is 6.31. The Morgan fingerprint density at radius 3 is 2.70 bits per heavy atom. The number of nitrogens with zero attached hydrogens (tertiary/aromatic N) is 4. The molecule has 0 bridgehead atoms. The number of rotatable bonds is 4. The molecule has 0 saturated heterocycles. The summed E-state index contributed by atoms with van der Waals surface area (Å²) >= 11 is 12.1. The molecule has 2 aliphatic rings. The average molecular weight is 492 g/mol. The zero-order valence-corrected chi connectivity index (χ0v) is 19.9. The van der Waals surface area contributed by atoms with E-state index in [2.05, 4.69) is 14.9 Å². The highest BCUT2D eigenvalue weighted by atomic mass is 35.5. The molecule has 2 aromatic heterocycles. The Morgan fingerprint density at radius 2 is 1.97 bits per heavy atom. The Balaban J connectivity index is 1.38. The molecule has 10 heteroatoms. The summed E-state index contributed by atoms with van der Waals surface area (Å²) in [5.41, 5.74) is 4.29. The smallest absolute Gasteiger partial charge is 0.258 e. The van der Waals surface area contributed by atoms with Gasteiger partial charge in [-0.2, -0.15) is 5.10 Å². The minimum Gasteiger partial charge on any atom is -0.489 e. The summed E-state index contributed by atoms with van der Waals surface area (Å²) in [6, 6.07) is 4.33. The van der Waals surface area contributed by atoms with Crippen molar-refractivity contribution in [1.29, 1.82) is 0 Å². The predicted molar refractivity (Wildman–Crippen MR) is 123 cm³/mol. The number of fused-ring (bicyclic) bond motifs is 3. The zero-order valence-electron chi connectivity index (χ0n) is 18.4. The van der Waals surface area contributed by atoms with Crippen LogP contribution in [0.3, 0.4) is 0 Å². The van der Waals surface area contributed by atoms with Gasteiger partial charge < -0.3 is 9.64 Å². The summed E-state index contributed by atoms with van der Waals surface area (Å²) in [6.45, 7) is 4.46. The fourth-order valence-electron chi connectivity index (χ4n) is 4.67. The highest BCUT2D eigenvalue weighted by Gasteiger charge is 2.32. The minimum absolute atomic E-state index is 0.0838. The van der Waals surface area contributed by atoms with Crippen LogP contribution in [-0.2, 0) is 13.1 Å². The van der Waals surface area contributed by atoms with Gasteiger partial charge in [-0.1, -0.05) is 11.6 Å². The van der Waals surface area contributed by atoms with Gasteiger partial charge in [0.25, 0.3) is 5.91 Å². The summed E-state index contributed by atoms with van der Waals surface area (Å²) < 4.78 is 21.9. The fourth-order valence-corrected chi connectivity index (χ4v) is 5.01. The van der Waals surface area contributed by atoms with Crippen LogP contribution in [0.2, 0.25) is 5.02 Å². The van der Waals surface area contributed by atoms with Crippen molar-refractivity contribution in [2.45, 2.75) is 64.8 Å². The van der Waals surface area contributed by atoms with E-state index in [1.807, 2.05) is 13.8 Å². The van der Waals surface area contributed by atoms with E-state index in [0.717, 1.165) is 48.3 Å². The van der Waals surface area contributed by atoms with Crippen LogP contribution >= 0.6 is 23.4 Å². The molecule has 1 fully saturated rings. The van der Waals surface area contributed by atoms with E-state index in [4.69, 9.17) is 28.1 Å². The molecular formula is C23H24Cl2FN5O2. The van der Waals surface area contributed by atoms with Gasteiger partial charge in [0.1, 0.15) is 11.6 Å². The molecule has 1 aromatic carbocycles. The van der Waals surface area contributed by atoms with E-state index in [-0.39, 0.29) is 23.8 Å². The van der Waals surface area contributed by atoms with E-state index in [1.54, 1.807) is 9.42 Å². The van der Waals surface area contributed by atoms with Crippen molar-refractivity contribution in [2.75, 3.05) is 0 Å². The number of nitrogens with one attached hydrogen (secondary N) is 1. The third kappa shape index (κ3) is 4.05. The molecule has 33 heavy (non-hydrogen) atoms. The van der Waals surface area contributed by atoms with Gasteiger partial charge in [-0.15, -0.1) is 0 Å². The number of amides is 1. The van der Waals surface area contributed by atoms with Crippen molar-refractivity contribution < 1.29 is 13.9 Å². The lowest BCUT2D eigenvalue weighted by molar-refractivity contribution is 0.0737. The van der Waals surface area contributed by atoms with Gasteiger partial charge in [-0.25, -0.2) is 18.7 Å². The summed E-state index contributed by atoms with van der Waals surface area (Å²) in [5.74, 6) is -0.385.